The Bertz CT molecular complexity index is 210. The zero-order valence-corrected chi connectivity index (χ0v) is 9.38. The minimum absolute atomic E-state index is 0.722. The zero-order chi connectivity index (χ0) is 9.84. The van der Waals surface area contributed by atoms with Crippen LogP contribution in [0.2, 0.25) is 0 Å². The van der Waals surface area contributed by atoms with Gasteiger partial charge >= 0.3 is 0 Å². The average Bonchev–Trinajstić information content (AvgIpc) is 2.63. The Morgan fingerprint density at radius 3 is 2.46 bits per heavy atom. The summed E-state index contributed by atoms with van der Waals surface area (Å²) >= 11 is 0. The van der Waals surface area contributed by atoms with Crippen molar-refractivity contribution < 1.29 is 0 Å². The summed E-state index contributed by atoms with van der Waals surface area (Å²) in [6.45, 7) is 9.26. The summed E-state index contributed by atoms with van der Waals surface area (Å²) in [6.07, 6.45) is 9.47. The van der Waals surface area contributed by atoms with E-state index >= 15 is 0 Å². The Kier molecular flexibility index (Phi) is 3.77. The molecule has 0 fully saturated rings. The van der Waals surface area contributed by atoms with Crippen LogP contribution in [0.1, 0.15) is 40.5 Å². The molecular formula is C13H22. The molecule has 0 aromatic heterocycles. The van der Waals surface area contributed by atoms with Gasteiger partial charge in [0.15, 0.2) is 0 Å². The second kappa shape index (κ2) is 4.64. The molecule has 0 heteroatoms. The fourth-order valence-corrected chi connectivity index (χ4v) is 2.01. The monoisotopic (exact) mass is 178 g/mol. The quantitative estimate of drug-likeness (QED) is 0.605. The SMILES string of the molecule is CCC(C)C1=CC=CC1C(C)CC. The molecule has 0 aromatic carbocycles. The second-order valence-electron chi connectivity index (χ2n) is 4.27. The van der Waals surface area contributed by atoms with Crippen molar-refractivity contribution in [2.45, 2.75) is 40.5 Å². The van der Waals surface area contributed by atoms with Crippen molar-refractivity contribution in [3.8, 4) is 0 Å². The van der Waals surface area contributed by atoms with Crippen molar-refractivity contribution >= 4 is 0 Å². The van der Waals surface area contributed by atoms with Gasteiger partial charge in [0.25, 0.3) is 0 Å². The van der Waals surface area contributed by atoms with Crippen LogP contribution >= 0.6 is 0 Å². The third-order valence-electron chi connectivity index (χ3n) is 3.43. The molecule has 3 unspecified atom stereocenters. The first kappa shape index (κ1) is 10.6. The van der Waals surface area contributed by atoms with E-state index in [4.69, 9.17) is 0 Å². The van der Waals surface area contributed by atoms with E-state index in [2.05, 4.69) is 45.9 Å². The highest BCUT2D eigenvalue weighted by molar-refractivity contribution is 5.29. The summed E-state index contributed by atoms with van der Waals surface area (Å²) in [5.41, 5.74) is 1.65. The van der Waals surface area contributed by atoms with Gasteiger partial charge in [-0.25, -0.2) is 0 Å². The first-order valence-corrected chi connectivity index (χ1v) is 5.58. The van der Waals surface area contributed by atoms with E-state index in [-0.39, 0.29) is 0 Å². The summed E-state index contributed by atoms with van der Waals surface area (Å²) in [5.74, 6) is 2.29. The van der Waals surface area contributed by atoms with Gasteiger partial charge in [-0.05, 0) is 18.3 Å². The standard InChI is InChI=1S/C13H22/c1-5-10(3)12-8-7-9-13(12)11(4)6-2/h7-12H,5-6H2,1-4H3. The molecule has 0 nitrogen and oxygen atoms in total. The van der Waals surface area contributed by atoms with Gasteiger partial charge in [-0.15, -0.1) is 0 Å². The smallest absolute Gasteiger partial charge is 0.00112 e. The topological polar surface area (TPSA) is 0 Å². The van der Waals surface area contributed by atoms with Gasteiger partial charge in [0, 0.05) is 5.92 Å². The fraction of sp³-hybridized carbons (Fsp3) is 0.692. The van der Waals surface area contributed by atoms with Crippen molar-refractivity contribution in [2.75, 3.05) is 0 Å². The normalized spacial score (nSPS) is 25.8. The molecular weight excluding hydrogens is 156 g/mol. The third-order valence-corrected chi connectivity index (χ3v) is 3.43. The lowest BCUT2D eigenvalue weighted by atomic mass is 9.81. The van der Waals surface area contributed by atoms with Crippen LogP contribution in [-0.2, 0) is 0 Å². The highest BCUT2D eigenvalue weighted by Crippen LogP contribution is 2.34. The molecule has 0 aromatic rings. The van der Waals surface area contributed by atoms with Crippen LogP contribution < -0.4 is 0 Å². The van der Waals surface area contributed by atoms with Crippen LogP contribution in [0.25, 0.3) is 0 Å². The average molecular weight is 178 g/mol. The maximum absolute atomic E-state index is 2.37. The first-order valence-electron chi connectivity index (χ1n) is 5.58. The Morgan fingerprint density at radius 2 is 1.92 bits per heavy atom. The number of rotatable bonds is 4. The lowest BCUT2D eigenvalue weighted by Gasteiger charge is -2.24. The van der Waals surface area contributed by atoms with Crippen LogP contribution in [0.4, 0.5) is 0 Å². The van der Waals surface area contributed by atoms with E-state index in [0.29, 0.717) is 0 Å². The summed E-state index contributed by atoms with van der Waals surface area (Å²) in [6, 6.07) is 0. The van der Waals surface area contributed by atoms with Gasteiger partial charge in [-0.3, -0.25) is 0 Å². The molecule has 0 spiro atoms. The predicted molar refractivity (Wildman–Crippen MR) is 59.6 cm³/mol. The Balaban J connectivity index is 2.66. The van der Waals surface area contributed by atoms with E-state index < -0.39 is 0 Å². The highest BCUT2D eigenvalue weighted by atomic mass is 14.3. The van der Waals surface area contributed by atoms with Gasteiger partial charge in [0.1, 0.15) is 0 Å². The van der Waals surface area contributed by atoms with Crippen molar-refractivity contribution in [2.24, 2.45) is 17.8 Å². The van der Waals surface area contributed by atoms with Crippen LogP contribution in [0.15, 0.2) is 23.8 Å². The molecule has 0 bridgehead atoms. The molecule has 1 aliphatic carbocycles. The Hall–Kier alpha value is -0.520. The van der Waals surface area contributed by atoms with Crippen molar-refractivity contribution in [3.63, 3.8) is 0 Å². The van der Waals surface area contributed by atoms with E-state index in [1.165, 1.54) is 12.8 Å². The number of allylic oxidation sites excluding steroid dienone is 4. The molecule has 0 amide bonds. The predicted octanol–water partition coefficient (Wildman–Crippen LogP) is 4.19. The molecule has 13 heavy (non-hydrogen) atoms. The van der Waals surface area contributed by atoms with Gasteiger partial charge in [0.2, 0.25) is 0 Å². The summed E-state index contributed by atoms with van der Waals surface area (Å²) < 4.78 is 0. The molecule has 0 heterocycles. The summed E-state index contributed by atoms with van der Waals surface area (Å²) in [5, 5.41) is 0. The maximum atomic E-state index is 2.37. The van der Waals surface area contributed by atoms with Gasteiger partial charge in [0.05, 0.1) is 0 Å². The molecule has 0 saturated heterocycles. The largest absolute Gasteiger partial charge is 0.0771 e. The van der Waals surface area contributed by atoms with E-state index in [9.17, 15) is 0 Å². The van der Waals surface area contributed by atoms with Crippen LogP contribution in [-0.4, -0.2) is 0 Å². The Labute approximate surface area is 82.7 Å². The molecule has 1 aliphatic rings. The van der Waals surface area contributed by atoms with Crippen molar-refractivity contribution in [1.29, 1.82) is 0 Å². The molecule has 0 saturated carbocycles. The van der Waals surface area contributed by atoms with Crippen molar-refractivity contribution in [3.05, 3.63) is 23.8 Å². The molecule has 74 valence electrons. The molecule has 0 radical (unpaired) electrons. The first-order chi connectivity index (χ1) is 6.20. The fourth-order valence-electron chi connectivity index (χ4n) is 2.01. The minimum atomic E-state index is 0.722. The highest BCUT2D eigenvalue weighted by Gasteiger charge is 2.22. The molecule has 0 N–H and O–H groups in total. The van der Waals surface area contributed by atoms with E-state index in [1.807, 2.05) is 0 Å². The molecule has 3 atom stereocenters. The van der Waals surface area contributed by atoms with Crippen LogP contribution in [0.5, 0.6) is 0 Å². The van der Waals surface area contributed by atoms with Gasteiger partial charge < -0.3 is 0 Å². The van der Waals surface area contributed by atoms with Crippen LogP contribution in [0, 0.1) is 17.8 Å². The van der Waals surface area contributed by atoms with Gasteiger partial charge in [-0.1, -0.05) is 57.9 Å². The maximum Gasteiger partial charge on any atom is 0.00112 e. The Morgan fingerprint density at radius 1 is 1.23 bits per heavy atom. The minimum Gasteiger partial charge on any atom is -0.0771 e. The summed E-state index contributed by atoms with van der Waals surface area (Å²) in [4.78, 5) is 0. The van der Waals surface area contributed by atoms with E-state index in [1.54, 1.807) is 5.57 Å². The lowest BCUT2D eigenvalue weighted by molar-refractivity contribution is 0.431. The zero-order valence-electron chi connectivity index (χ0n) is 9.38. The number of hydrogen-bond donors (Lipinski definition) is 0. The third kappa shape index (κ3) is 2.24. The summed E-state index contributed by atoms with van der Waals surface area (Å²) in [7, 11) is 0. The number of hydrogen-bond acceptors (Lipinski definition) is 0. The molecule has 0 aliphatic heterocycles. The lowest BCUT2D eigenvalue weighted by Crippen LogP contribution is -2.13. The van der Waals surface area contributed by atoms with Crippen LogP contribution in [0.3, 0.4) is 0 Å². The molecule has 1 rings (SSSR count). The van der Waals surface area contributed by atoms with E-state index in [0.717, 1.165) is 17.8 Å². The van der Waals surface area contributed by atoms with Crippen molar-refractivity contribution in [1.82, 2.24) is 0 Å². The van der Waals surface area contributed by atoms with Gasteiger partial charge in [-0.2, -0.15) is 0 Å². The second-order valence-corrected chi connectivity index (χ2v) is 4.27.